The Kier molecular flexibility index (Phi) is 7.79. The van der Waals surface area contributed by atoms with Crippen LogP contribution in [0.15, 0.2) is 34.5 Å². The standard InChI is InChI=1S/C18H18ClN3O8S2/c19-12-1-3-14(15(9-12)22(25)26)20-16(23)11-30-17(24)10-13-2-4-18(31-13)32(27,28)21-5-7-29-8-6-21/h1-4,9H,5-8,10-11H2,(H,20,23). The highest BCUT2D eigenvalue weighted by Gasteiger charge is 2.28. The molecule has 2 heterocycles. The monoisotopic (exact) mass is 503 g/mol. The third-order valence-corrected chi connectivity index (χ3v) is 8.00. The largest absolute Gasteiger partial charge is 0.455 e. The van der Waals surface area contributed by atoms with Gasteiger partial charge in [0.2, 0.25) is 0 Å². The van der Waals surface area contributed by atoms with Crippen molar-refractivity contribution in [1.82, 2.24) is 4.31 Å². The van der Waals surface area contributed by atoms with Gasteiger partial charge in [-0.2, -0.15) is 4.31 Å². The minimum atomic E-state index is -3.66. The molecular formula is C18H18ClN3O8S2. The number of amides is 1. The summed E-state index contributed by atoms with van der Waals surface area (Å²) in [6, 6.07) is 6.65. The van der Waals surface area contributed by atoms with Gasteiger partial charge < -0.3 is 14.8 Å². The average Bonchev–Trinajstić information content (AvgIpc) is 3.23. The molecule has 1 aliphatic rings. The molecule has 0 unspecified atom stereocenters. The lowest BCUT2D eigenvalue weighted by atomic mass is 10.2. The molecule has 1 aromatic heterocycles. The molecule has 0 saturated carbocycles. The number of nitrogens with zero attached hydrogens (tertiary/aromatic N) is 2. The number of esters is 1. The average molecular weight is 504 g/mol. The Morgan fingerprint density at radius 2 is 1.97 bits per heavy atom. The summed E-state index contributed by atoms with van der Waals surface area (Å²) in [7, 11) is -3.66. The van der Waals surface area contributed by atoms with Gasteiger partial charge in [0.15, 0.2) is 6.61 Å². The minimum Gasteiger partial charge on any atom is -0.455 e. The molecule has 3 rings (SSSR count). The van der Waals surface area contributed by atoms with Crippen LogP contribution >= 0.6 is 22.9 Å². The van der Waals surface area contributed by atoms with Gasteiger partial charge >= 0.3 is 5.97 Å². The molecule has 1 fully saturated rings. The zero-order chi connectivity index (χ0) is 23.3. The second kappa shape index (κ2) is 10.4. The van der Waals surface area contributed by atoms with E-state index in [1.807, 2.05) is 0 Å². The maximum atomic E-state index is 12.6. The number of thiophene rings is 1. The summed E-state index contributed by atoms with van der Waals surface area (Å²) in [5.41, 5.74) is -0.485. The molecule has 11 nitrogen and oxygen atoms in total. The predicted octanol–water partition coefficient (Wildman–Crippen LogP) is 2.05. The second-order valence-corrected chi connectivity index (χ2v) is 10.3. The normalized spacial score (nSPS) is 14.7. The van der Waals surface area contributed by atoms with E-state index in [2.05, 4.69) is 5.32 Å². The van der Waals surface area contributed by atoms with E-state index in [0.717, 1.165) is 17.4 Å². The van der Waals surface area contributed by atoms with Crippen molar-refractivity contribution in [3.8, 4) is 0 Å². The molecule has 2 aromatic rings. The molecule has 14 heteroatoms. The number of anilines is 1. The molecule has 0 bridgehead atoms. The number of carbonyl (C=O) groups is 2. The van der Waals surface area contributed by atoms with Crippen molar-refractivity contribution in [2.75, 3.05) is 38.2 Å². The van der Waals surface area contributed by atoms with Crippen molar-refractivity contribution in [3.63, 3.8) is 0 Å². The quantitative estimate of drug-likeness (QED) is 0.327. The molecule has 172 valence electrons. The zero-order valence-corrected chi connectivity index (χ0v) is 18.9. The number of ether oxygens (including phenoxy) is 2. The Morgan fingerprint density at radius 3 is 2.66 bits per heavy atom. The van der Waals surface area contributed by atoms with Crippen LogP contribution in [0, 0.1) is 10.1 Å². The van der Waals surface area contributed by atoms with Crippen molar-refractivity contribution >= 4 is 56.2 Å². The molecule has 1 N–H and O–H groups in total. The summed E-state index contributed by atoms with van der Waals surface area (Å²) < 4.78 is 36.7. The smallest absolute Gasteiger partial charge is 0.311 e. The number of halogens is 1. The third-order valence-electron chi connectivity index (χ3n) is 4.31. The first kappa shape index (κ1) is 24.1. The first-order valence-electron chi connectivity index (χ1n) is 9.23. The number of carbonyl (C=O) groups excluding carboxylic acids is 2. The molecule has 0 atom stereocenters. The highest BCUT2D eigenvalue weighted by atomic mass is 35.5. The fourth-order valence-corrected chi connectivity index (χ4v) is 5.86. The molecule has 1 amide bonds. The van der Waals surface area contributed by atoms with Gasteiger partial charge in [0, 0.05) is 29.1 Å². The SMILES string of the molecule is O=C(COC(=O)Cc1ccc(S(=O)(=O)N2CCOCC2)s1)Nc1ccc(Cl)cc1[N+](=O)[O-]. The van der Waals surface area contributed by atoms with Crippen LogP contribution in [0.4, 0.5) is 11.4 Å². The number of sulfonamides is 1. The number of morpholine rings is 1. The molecule has 0 radical (unpaired) electrons. The van der Waals surface area contributed by atoms with Crippen LogP contribution in [0.3, 0.4) is 0 Å². The van der Waals surface area contributed by atoms with E-state index in [4.69, 9.17) is 21.1 Å². The lowest BCUT2D eigenvalue weighted by Crippen LogP contribution is -2.40. The van der Waals surface area contributed by atoms with Gasteiger partial charge in [-0.15, -0.1) is 11.3 Å². The van der Waals surface area contributed by atoms with E-state index >= 15 is 0 Å². The maximum Gasteiger partial charge on any atom is 0.311 e. The highest BCUT2D eigenvalue weighted by Crippen LogP contribution is 2.28. The third kappa shape index (κ3) is 6.01. The van der Waals surface area contributed by atoms with E-state index in [0.29, 0.717) is 18.1 Å². The van der Waals surface area contributed by atoms with Crippen molar-refractivity contribution in [3.05, 3.63) is 50.3 Å². The lowest BCUT2D eigenvalue weighted by molar-refractivity contribution is -0.383. The van der Waals surface area contributed by atoms with Crippen molar-refractivity contribution in [1.29, 1.82) is 0 Å². The summed E-state index contributed by atoms with van der Waals surface area (Å²) >= 11 is 6.67. The van der Waals surface area contributed by atoms with Crippen LogP contribution in [0.5, 0.6) is 0 Å². The molecule has 0 spiro atoms. The van der Waals surface area contributed by atoms with Gasteiger partial charge in [0.25, 0.3) is 21.6 Å². The lowest BCUT2D eigenvalue weighted by Gasteiger charge is -2.25. The number of hydrogen-bond acceptors (Lipinski definition) is 9. The highest BCUT2D eigenvalue weighted by molar-refractivity contribution is 7.91. The van der Waals surface area contributed by atoms with Crippen LogP contribution in [-0.2, 0) is 35.5 Å². The number of nitrogens with one attached hydrogen (secondary N) is 1. The molecular weight excluding hydrogens is 486 g/mol. The topological polar surface area (TPSA) is 145 Å². The van der Waals surface area contributed by atoms with Gasteiger partial charge in [-0.3, -0.25) is 19.7 Å². The summed E-state index contributed by atoms with van der Waals surface area (Å²) in [6.07, 6.45) is -0.225. The summed E-state index contributed by atoms with van der Waals surface area (Å²) in [5, 5.41) is 13.5. The van der Waals surface area contributed by atoms with E-state index in [1.54, 1.807) is 0 Å². The fraction of sp³-hybridized carbons (Fsp3) is 0.333. The Morgan fingerprint density at radius 1 is 1.25 bits per heavy atom. The van der Waals surface area contributed by atoms with Crippen LogP contribution in [0.2, 0.25) is 5.02 Å². The molecule has 32 heavy (non-hydrogen) atoms. The van der Waals surface area contributed by atoms with Gasteiger partial charge in [-0.25, -0.2) is 8.42 Å². The van der Waals surface area contributed by atoms with Gasteiger partial charge in [0.1, 0.15) is 9.90 Å². The minimum absolute atomic E-state index is 0.0864. The van der Waals surface area contributed by atoms with E-state index in [1.165, 1.54) is 28.6 Å². The van der Waals surface area contributed by atoms with Gasteiger partial charge in [0.05, 0.1) is 24.6 Å². The molecule has 1 aliphatic heterocycles. The first-order chi connectivity index (χ1) is 15.2. The van der Waals surface area contributed by atoms with E-state index in [9.17, 15) is 28.1 Å². The number of hydrogen-bond donors (Lipinski definition) is 1. The Bertz CT molecular complexity index is 1130. The van der Waals surface area contributed by atoms with Gasteiger partial charge in [-0.1, -0.05) is 11.6 Å². The molecule has 1 aromatic carbocycles. The van der Waals surface area contributed by atoms with E-state index in [-0.39, 0.29) is 34.4 Å². The van der Waals surface area contributed by atoms with Crippen LogP contribution < -0.4 is 5.32 Å². The summed E-state index contributed by atoms with van der Waals surface area (Å²) in [4.78, 5) is 34.9. The van der Waals surface area contributed by atoms with Gasteiger partial charge in [-0.05, 0) is 24.3 Å². The van der Waals surface area contributed by atoms with Crippen LogP contribution in [0.1, 0.15) is 4.88 Å². The summed E-state index contributed by atoms with van der Waals surface area (Å²) in [5.74, 6) is -1.52. The van der Waals surface area contributed by atoms with Crippen molar-refractivity contribution in [2.24, 2.45) is 0 Å². The first-order valence-corrected chi connectivity index (χ1v) is 11.9. The Balaban J connectivity index is 1.53. The number of benzene rings is 1. The maximum absolute atomic E-state index is 12.6. The predicted molar refractivity (Wildman–Crippen MR) is 115 cm³/mol. The fourth-order valence-electron chi connectivity index (χ4n) is 2.79. The molecule has 0 aliphatic carbocycles. The zero-order valence-electron chi connectivity index (χ0n) is 16.5. The number of nitro benzene ring substituents is 1. The number of rotatable bonds is 8. The Hall–Kier alpha value is -2.58. The van der Waals surface area contributed by atoms with Crippen molar-refractivity contribution < 1.29 is 32.4 Å². The summed E-state index contributed by atoms with van der Waals surface area (Å²) in [6.45, 7) is 0.510. The van der Waals surface area contributed by atoms with Crippen LogP contribution in [-0.4, -0.2) is 62.4 Å². The number of nitro groups is 1. The van der Waals surface area contributed by atoms with Crippen LogP contribution in [0.25, 0.3) is 0 Å². The molecule has 1 saturated heterocycles. The Labute approximate surface area is 192 Å². The second-order valence-electron chi connectivity index (χ2n) is 6.54. The van der Waals surface area contributed by atoms with E-state index < -0.39 is 39.1 Å². The van der Waals surface area contributed by atoms with Crippen molar-refractivity contribution in [2.45, 2.75) is 10.6 Å².